The summed E-state index contributed by atoms with van der Waals surface area (Å²) in [7, 11) is 0. The Morgan fingerprint density at radius 1 is 0.920 bits per heavy atom. The molecule has 0 bridgehead atoms. The molecular formula is C20H17N3OS. The van der Waals surface area contributed by atoms with E-state index >= 15 is 0 Å². The number of aromatic nitrogens is 1. The van der Waals surface area contributed by atoms with Gasteiger partial charge < -0.3 is 5.32 Å². The van der Waals surface area contributed by atoms with E-state index in [0.29, 0.717) is 17.2 Å². The van der Waals surface area contributed by atoms with Gasteiger partial charge >= 0.3 is 0 Å². The zero-order chi connectivity index (χ0) is 17.5. The summed E-state index contributed by atoms with van der Waals surface area (Å²) in [4.78, 5) is 15.9. The summed E-state index contributed by atoms with van der Waals surface area (Å²) < 4.78 is 0. The van der Waals surface area contributed by atoms with Crippen LogP contribution >= 0.6 is 12.2 Å². The van der Waals surface area contributed by atoms with Crippen molar-refractivity contribution in [2.24, 2.45) is 0 Å². The molecule has 0 atom stereocenters. The average molecular weight is 347 g/mol. The van der Waals surface area contributed by atoms with E-state index in [1.165, 1.54) is 11.8 Å². The molecule has 3 rings (SSSR count). The Hall–Kier alpha value is -3.05. The molecule has 0 aliphatic rings. The molecular weight excluding hydrogens is 330 g/mol. The van der Waals surface area contributed by atoms with Crippen molar-refractivity contribution in [1.29, 1.82) is 0 Å². The predicted octanol–water partition coefficient (Wildman–Crippen LogP) is 3.55. The van der Waals surface area contributed by atoms with Crippen molar-refractivity contribution in [3.63, 3.8) is 0 Å². The van der Waals surface area contributed by atoms with Gasteiger partial charge in [0.25, 0.3) is 5.91 Å². The Morgan fingerprint density at radius 3 is 2.32 bits per heavy atom. The minimum atomic E-state index is -0.273. The first-order valence-corrected chi connectivity index (χ1v) is 8.27. The number of hydrogen-bond donors (Lipinski definition) is 2. The van der Waals surface area contributed by atoms with Crippen LogP contribution in [0.15, 0.2) is 79.1 Å². The van der Waals surface area contributed by atoms with Gasteiger partial charge in [-0.25, -0.2) is 0 Å². The van der Waals surface area contributed by atoms with E-state index < -0.39 is 0 Å². The molecule has 0 saturated heterocycles. The maximum absolute atomic E-state index is 12.0. The van der Waals surface area contributed by atoms with Crippen LogP contribution in [0.1, 0.15) is 15.9 Å². The van der Waals surface area contributed by atoms with E-state index in [0.717, 1.165) is 11.1 Å². The third-order valence-electron chi connectivity index (χ3n) is 3.66. The molecule has 4 nitrogen and oxygen atoms in total. The number of carbonyl (C=O) groups excluding carboxylic acids is 1. The van der Waals surface area contributed by atoms with Crippen LogP contribution in [0.4, 0.5) is 0 Å². The zero-order valence-corrected chi connectivity index (χ0v) is 14.3. The molecule has 0 aliphatic carbocycles. The van der Waals surface area contributed by atoms with Crippen molar-refractivity contribution in [3.8, 4) is 11.1 Å². The van der Waals surface area contributed by atoms with Crippen molar-refractivity contribution < 1.29 is 4.79 Å². The SMILES string of the molecule is O=C(NC(=S)NCc1ccc(-c2ccccc2)cc1)c1cccnc1. The summed E-state index contributed by atoms with van der Waals surface area (Å²) in [6.45, 7) is 0.543. The largest absolute Gasteiger partial charge is 0.358 e. The Morgan fingerprint density at radius 2 is 1.64 bits per heavy atom. The van der Waals surface area contributed by atoms with Crippen LogP contribution in [-0.2, 0) is 6.54 Å². The topological polar surface area (TPSA) is 54.0 Å². The Kier molecular flexibility index (Phi) is 5.49. The number of nitrogens with one attached hydrogen (secondary N) is 2. The number of nitrogens with zero attached hydrogens (tertiary/aromatic N) is 1. The molecule has 25 heavy (non-hydrogen) atoms. The van der Waals surface area contributed by atoms with Gasteiger partial charge in [0.15, 0.2) is 5.11 Å². The van der Waals surface area contributed by atoms with E-state index in [2.05, 4.69) is 39.9 Å². The standard InChI is InChI=1S/C20H17N3OS/c24-19(18-7-4-12-21-14-18)23-20(25)22-13-15-8-10-17(11-9-15)16-5-2-1-3-6-16/h1-12,14H,13H2,(H2,22,23,24,25). The van der Waals surface area contributed by atoms with Gasteiger partial charge in [-0.15, -0.1) is 0 Å². The lowest BCUT2D eigenvalue weighted by molar-refractivity contribution is 0.0976. The van der Waals surface area contributed by atoms with Gasteiger partial charge in [0.2, 0.25) is 0 Å². The molecule has 124 valence electrons. The number of carbonyl (C=O) groups is 1. The third kappa shape index (κ3) is 4.71. The van der Waals surface area contributed by atoms with Crippen molar-refractivity contribution in [2.75, 3.05) is 0 Å². The summed E-state index contributed by atoms with van der Waals surface area (Å²) in [5.41, 5.74) is 3.90. The minimum absolute atomic E-state index is 0.273. The van der Waals surface area contributed by atoms with Gasteiger partial charge in [0.1, 0.15) is 0 Å². The quantitative estimate of drug-likeness (QED) is 0.709. The Bertz CT molecular complexity index is 849. The van der Waals surface area contributed by atoms with Crippen LogP contribution in [-0.4, -0.2) is 16.0 Å². The van der Waals surface area contributed by atoms with Crippen LogP contribution in [0.2, 0.25) is 0 Å². The van der Waals surface area contributed by atoms with Crippen molar-refractivity contribution in [3.05, 3.63) is 90.3 Å². The summed E-state index contributed by atoms with van der Waals surface area (Å²) in [6, 6.07) is 21.8. The van der Waals surface area contributed by atoms with E-state index in [1.54, 1.807) is 18.3 Å². The lowest BCUT2D eigenvalue weighted by atomic mass is 10.0. The highest BCUT2D eigenvalue weighted by Crippen LogP contribution is 2.19. The molecule has 2 N–H and O–H groups in total. The lowest BCUT2D eigenvalue weighted by Crippen LogP contribution is -2.38. The number of rotatable bonds is 4. The fourth-order valence-electron chi connectivity index (χ4n) is 2.34. The zero-order valence-electron chi connectivity index (χ0n) is 13.5. The molecule has 0 radical (unpaired) electrons. The van der Waals surface area contributed by atoms with Gasteiger partial charge in [-0.3, -0.25) is 15.1 Å². The summed E-state index contributed by atoms with van der Waals surface area (Å²) >= 11 is 5.17. The summed E-state index contributed by atoms with van der Waals surface area (Å²) in [5, 5.41) is 5.98. The fourth-order valence-corrected chi connectivity index (χ4v) is 2.51. The monoisotopic (exact) mass is 347 g/mol. The van der Waals surface area contributed by atoms with Crippen LogP contribution in [0.25, 0.3) is 11.1 Å². The summed E-state index contributed by atoms with van der Waals surface area (Å²) in [5.74, 6) is -0.273. The molecule has 1 amide bonds. The number of thiocarbonyl (C=S) groups is 1. The number of pyridine rings is 1. The van der Waals surface area contributed by atoms with Crippen LogP contribution in [0.3, 0.4) is 0 Å². The maximum Gasteiger partial charge on any atom is 0.258 e. The third-order valence-corrected chi connectivity index (χ3v) is 3.91. The first-order valence-electron chi connectivity index (χ1n) is 7.86. The highest BCUT2D eigenvalue weighted by Gasteiger charge is 2.07. The minimum Gasteiger partial charge on any atom is -0.358 e. The van der Waals surface area contributed by atoms with Crippen LogP contribution < -0.4 is 10.6 Å². The molecule has 1 aromatic heterocycles. The molecule has 0 saturated carbocycles. The second-order valence-electron chi connectivity index (χ2n) is 5.44. The molecule has 0 fully saturated rings. The molecule has 3 aromatic rings. The van der Waals surface area contributed by atoms with Crippen LogP contribution in [0, 0.1) is 0 Å². The maximum atomic E-state index is 12.0. The Balaban J connectivity index is 1.53. The van der Waals surface area contributed by atoms with Gasteiger partial charge in [-0.05, 0) is 41.0 Å². The molecule has 0 spiro atoms. The van der Waals surface area contributed by atoms with Gasteiger partial charge in [-0.1, -0.05) is 54.6 Å². The fraction of sp³-hybridized carbons (Fsp3) is 0.0500. The van der Waals surface area contributed by atoms with E-state index in [9.17, 15) is 4.79 Å². The molecule has 1 heterocycles. The second-order valence-corrected chi connectivity index (χ2v) is 5.85. The van der Waals surface area contributed by atoms with E-state index in [-0.39, 0.29) is 5.91 Å². The predicted molar refractivity (Wildman–Crippen MR) is 103 cm³/mol. The molecule has 2 aromatic carbocycles. The average Bonchev–Trinajstić information content (AvgIpc) is 2.68. The lowest BCUT2D eigenvalue weighted by Gasteiger charge is -2.10. The van der Waals surface area contributed by atoms with Crippen LogP contribution in [0.5, 0.6) is 0 Å². The first-order chi connectivity index (χ1) is 12.2. The van der Waals surface area contributed by atoms with Crippen molar-refractivity contribution >= 4 is 23.2 Å². The van der Waals surface area contributed by atoms with Gasteiger partial charge in [0.05, 0.1) is 5.56 Å². The highest BCUT2D eigenvalue weighted by atomic mass is 32.1. The smallest absolute Gasteiger partial charge is 0.258 e. The molecule has 0 unspecified atom stereocenters. The van der Waals surface area contributed by atoms with Gasteiger partial charge in [-0.2, -0.15) is 0 Å². The highest BCUT2D eigenvalue weighted by molar-refractivity contribution is 7.80. The normalized spacial score (nSPS) is 10.1. The first kappa shape index (κ1) is 16.8. The second kappa shape index (κ2) is 8.17. The number of benzene rings is 2. The Labute approximate surface area is 151 Å². The molecule has 0 aliphatic heterocycles. The van der Waals surface area contributed by atoms with E-state index in [1.807, 2.05) is 30.3 Å². The van der Waals surface area contributed by atoms with E-state index in [4.69, 9.17) is 12.2 Å². The number of hydrogen-bond acceptors (Lipinski definition) is 3. The summed E-state index contributed by atoms with van der Waals surface area (Å²) in [6.07, 6.45) is 3.12. The number of amides is 1. The van der Waals surface area contributed by atoms with Crippen molar-refractivity contribution in [1.82, 2.24) is 15.6 Å². The van der Waals surface area contributed by atoms with Gasteiger partial charge in [0, 0.05) is 18.9 Å². The molecule has 5 heteroatoms. The van der Waals surface area contributed by atoms with Crippen molar-refractivity contribution in [2.45, 2.75) is 6.54 Å².